The van der Waals surface area contributed by atoms with Crippen molar-refractivity contribution in [3.05, 3.63) is 95.6 Å². The number of amides is 2. The lowest BCUT2D eigenvalue weighted by Crippen LogP contribution is -2.50. The Bertz CT molecular complexity index is 1130. The highest BCUT2D eigenvalue weighted by Gasteiger charge is 2.30. The second kappa shape index (κ2) is 15.5. The van der Waals surface area contributed by atoms with E-state index in [2.05, 4.69) is 12.2 Å². The fourth-order valence-electron chi connectivity index (χ4n) is 4.22. The van der Waals surface area contributed by atoms with Crippen LogP contribution in [-0.4, -0.2) is 43.0 Å². The smallest absolute Gasteiger partial charge is 0.243 e. The van der Waals surface area contributed by atoms with E-state index < -0.39 is 6.04 Å². The molecule has 0 bridgehead atoms. The number of carbonyl (C=O) groups is 2. The minimum Gasteiger partial charge on any atom is -0.497 e. The Morgan fingerprint density at radius 1 is 0.895 bits per heavy atom. The lowest BCUT2D eigenvalue weighted by Gasteiger charge is -2.32. The third kappa shape index (κ3) is 9.25. The van der Waals surface area contributed by atoms with Crippen molar-refractivity contribution >= 4 is 11.8 Å². The fourth-order valence-corrected chi connectivity index (χ4v) is 4.22. The molecule has 3 aromatic rings. The summed E-state index contributed by atoms with van der Waals surface area (Å²) in [5.41, 5.74) is 3.09. The molecule has 38 heavy (non-hydrogen) atoms. The van der Waals surface area contributed by atoms with Crippen LogP contribution in [0.4, 0.5) is 0 Å². The summed E-state index contributed by atoms with van der Waals surface area (Å²) in [5, 5.41) is 3.06. The van der Waals surface area contributed by atoms with E-state index in [9.17, 15) is 9.59 Å². The van der Waals surface area contributed by atoms with Gasteiger partial charge in [-0.05, 0) is 55.2 Å². The van der Waals surface area contributed by atoms with Gasteiger partial charge < -0.3 is 19.7 Å². The average Bonchev–Trinajstić information content (AvgIpc) is 2.94. The van der Waals surface area contributed by atoms with Crippen LogP contribution in [0.2, 0.25) is 0 Å². The van der Waals surface area contributed by atoms with E-state index >= 15 is 0 Å². The van der Waals surface area contributed by atoms with E-state index in [-0.39, 0.29) is 18.2 Å². The normalized spacial score (nSPS) is 11.4. The molecule has 0 aliphatic heterocycles. The van der Waals surface area contributed by atoms with Crippen LogP contribution in [0.15, 0.2) is 78.9 Å². The highest BCUT2D eigenvalue weighted by atomic mass is 16.5. The first kappa shape index (κ1) is 28.8. The summed E-state index contributed by atoms with van der Waals surface area (Å²) in [6.45, 7) is 5.45. The van der Waals surface area contributed by atoms with Crippen LogP contribution >= 0.6 is 0 Å². The first-order chi connectivity index (χ1) is 18.5. The van der Waals surface area contributed by atoms with Crippen LogP contribution in [-0.2, 0) is 22.6 Å². The van der Waals surface area contributed by atoms with Gasteiger partial charge in [0.25, 0.3) is 0 Å². The predicted molar refractivity (Wildman–Crippen MR) is 151 cm³/mol. The van der Waals surface area contributed by atoms with Crippen LogP contribution in [0.3, 0.4) is 0 Å². The molecule has 0 heterocycles. The van der Waals surface area contributed by atoms with Gasteiger partial charge in [-0.25, -0.2) is 0 Å². The molecule has 0 fully saturated rings. The number of nitrogens with one attached hydrogen (secondary N) is 1. The average molecular weight is 517 g/mol. The quantitative estimate of drug-likeness (QED) is 0.262. The number of hydrogen-bond acceptors (Lipinski definition) is 4. The first-order valence-electron chi connectivity index (χ1n) is 13.4. The Labute approximate surface area is 227 Å². The summed E-state index contributed by atoms with van der Waals surface area (Å²) in [4.78, 5) is 28.9. The maximum absolute atomic E-state index is 13.7. The largest absolute Gasteiger partial charge is 0.497 e. The SMILES string of the molecule is CCCCNC(=O)[C@H](Cc1ccccc1)N(Cc1cccc(OC)c1)C(=O)CCCOc1ccc(C)cc1. The molecular weight excluding hydrogens is 476 g/mol. The maximum Gasteiger partial charge on any atom is 0.243 e. The van der Waals surface area contributed by atoms with Gasteiger partial charge in [0.15, 0.2) is 0 Å². The Morgan fingerprint density at radius 3 is 2.34 bits per heavy atom. The molecular formula is C32H40N2O4. The lowest BCUT2D eigenvalue weighted by molar-refractivity contribution is -0.141. The van der Waals surface area contributed by atoms with Crippen LogP contribution in [0, 0.1) is 6.92 Å². The Kier molecular flexibility index (Phi) is 11.7. The molecule has 0 aliphatic rings. The van der Waals surface area contributed by atoms with Crippen LogP contribution in [0.25, 0.3) is 0 Å². The van der Waals surface area contributed by atoms with Crippen molar-refractivity contribution in [2.24, 2.45) is 0 Å². The van der Waals surface area contributed by atoms with Crippen molar-refractivity contribution < 1.29 is 19.1 Å². The predicted octanol–water partition coefficient (Wildman–Crippen LogP) is 5.72. The molecule has 0 aromatic heterocycles. The van der Waals surface area contributed by atoms with Crippen molar-refractivity contribution in [2.75, 3.05) is 20.3 Å². The molecule has 0 spiro atoms. The summed E-state index contributed by atoms with van der Waals surface area (Å²) in [6, 6.07) is 24.7. The zero-order chi connectivity index (χ0) is 27.2. The van der Waals surface area contributed by atoms with E-state index in [0.29, 0.717) is 38.3 Å². The zero-order valence-corrected chi connectivity index (χ0v) is 22.8. The monoisotopic (exact) mass is 516 g/mol. The summed E-state index contributed by atoms with van der Waals surface area (Å²) >= 11 is 0. The molecule has 0 saturated heterocycles. The summed E-state index contributed by atoms with van der Waals surface area (Å²) < 4.78 is 11.2. The first-order valence-corrected chi connectivity index (χ1v) is 13.4. The molecule has 1 N–H and O–H groups in total. The number of unbranched alkanes of at least 4 members (excludes halogenated alkanes) is 1. The van der Waals surface area contributed by atoms with Crippen LogP contribution in [0.1, 0.15) is 49.3 Å². The number of rotatable bonds is 15. The van der Waals surface area contributed by atoms with Crippen molar-refractivity contribution in [3.8, 4) is 11.5 Å². The van der Waals surface area contributed by atoms with Gasteiger partial charge in [0.1, 0.15) is 17.5 Å². The Hall–Kier alpha value is -3.80. The number of methoxy groups -OCH3 is 1. The standard InChI is InChI=1S/C32H40N2O4/c1-4-5-20-33-32(36)30(23-26-11-7-6-8-12-26)34(24-27-13-9-14-29(22-27)37-3)31(35)15-10-21-38-28-18-16-25(2)17-19-28/h6-9,11-14,16-19,22,30H,4-5,10,15,20-21,23-24H2,1-3H3,(H,33,36)/t30-/m0/s1. The molecule has 0 radical (unpaired) electrons. The molecule has 3 aromatic carbocycles. The van der Waals surface area contributed by atoms with E-state index in [0.717, 1.165) is 29.7 Å². The van der Waals surface area contributed by atoms with Gasteiger partial charge in [0.2, 0.25) is 11.8 Å². The second-order valence-corrected chi connectivity index (χ2v) is 9.49. The second-order valence-electron chi connectivity index (χ2n) is 9.49. The van der Waals surface area contributed by atoms with Crippen LogP contribution < -0.4 is 14.8 Å². The lowest BCUT2D eigenvalue weighted by atomic mass is 10.0. The van der Waals surface area contributed by atoms with Gasteiger partial charge in [-0.2, -0.15) is 0 Å². The number of aryl methyl sites for hydroxylation is 1. The molecule has 0 unspecified atom stereocenters. The third-order valence-electron chi connectivity index (χ3n) is 6.41. The van der Waals surface area contributed by atoms with Crippen molar-refractivity contribution in [3.63, 3.8) is 0 Å². The van der Waals surface area contributed by atoms with Gasteiger partial charge in [0.05, 0.1) is 13.7 Å². The van der Waals surface area contributed by atoms with E-state index in [1.54, 1.807) is 12.0 Å². The van der Waals surface area contributed by atoms with E-state index in [1.807, 2.05) is 85.8 Å². The Balaban J connectivity index is 1.79. The van der Waals surface area contributed by atoms with Crippen molar-refractivity contribution in [1.29, 1.82) is 0 Å². The number of carbonyl (C=O) groups excluding carboxylic acids is 2. The highest BCUT2D eigenvalue weighted by molar-refractivity contribution is 5.88. The number of nitrogens with zero attached hydrogens (tertiary/aromatic N) is 1. The van der Waals surface area contributed by atoms with Crippen molar-refractivity contribution in [2.45, 2.75) is 58.5 Å². The molecule has 3 rings (SSSR count). The van der Waals surface area contributed by atoms with Gasteiger partial charge in [-0.1, -0.05) is 73.5 Å². The topological polar surface area (TPSA) is 67.9 Å². The number of hydrogen-bond donors (Lipinski definition) is 1. The van der Waals surface area contributed by atoms with Gasteiger partial charge in [0, 0.05) is 25.9 Å². The molecule has 0 saturated carbocycles. The van der Waals surface area contributed by atoms with Crippen molar-refractivity contribution in [1.82, 2.24) is 10.2 Å². The minimum atomic E-state index is -0.633. The summed E-state index contributed by atoms with van der Waals surface area (Å²) in [7, 11) is 1.62. The molecule has 2 amide bonds. The van der Waals surface area contributed by atoms with E-state index in [1.165, 1.54) is 5.56 Å². The molecule has 0 aliphatic carbocycles. The molecule has 6 nitrogen and oxygen atoms in total. The minimum absolute atomic E-state index is 0.0769. The summed E-state index contributed by atoms with van der Waals surface area (Å²) in [6.07, 6.45) is 3.15. The molecule has 1 atom stereocenters. The van der Waals surface area contributed by atoms with Gasteiger partial charge in [-0.15, -0.1) is 0 Å². The van der Waals surface area contributed by atoms with Gasteiger partial charge in [-0.3, -0.25) is 9.59 Å². The highest BCUT2D eigenvalue weighted by Crippen LogP contribution is 2.20. The van der Waals surface area contributed by atoms with E-state index in [4.69, 9.17) is 9.47 Å². The number of ether oxygens (including phenoxy) is 2. The Morgan fingerprint density at radius 2 is 1.63 bits per heavy atom. The summed E-state index contributed by atoms with van der Waals surface area (Å²) in [5.74, 6) is 1.29. The fraction of sp³-hybridized carbons (Fsp3) is 0.375. The van der Waals surface area contributed by atoms with Crippen LogP contribution in [0.5, 0.6) is 11.5 Å². The third-order valence-corrected chi connectivity index (χ3v) is 6.41. The van der Waals surface area contributed by atoms with Gasteiger partial charge >= 0.3 is 0 Å². The molecule has 202 valence electrons. The number of benzene rings is 3. The maximum atomic E-state index is 13.7. The zero-order valence-electron chi connectivity index (χ0n) is 22.8. The molecule has 6 heteroatoms.